The predicted octanol–water partition coefficient (Wildman–Crippen LogP) is -0.0221. The summed E-state index contributed by atoms with van der Waals surface area (Å²) in [5, 5.41) is 14.2. The van der Waals surface area contributed by atoms with Crippen molar-refractivity contribution in [2.45, 2.75) is 12.8 Å². The van der Waals surface area contributed by atoms with Crippen molar-refractivity contribution in [3.8, 4) is 0 Å². The Bertz CT molecular complexity index is 391. The van der Waals surface area contributed by atoms with Crippen molar-refractivity contribution < 1.29 is 0 Å². The van der Waals surface area contributed by atoms with Gasteiger partial charge in [-0.25, -0.2) is 9.67 Å². The van der Waals surface area contributed by atoms with E-state index in [9.17, 15) is 0 Å². The third-order valence-electron chi connectivity index (χ3n) is 2.05. The van der Waals surface area contributed by atoms with Gasteiger partial charge in [0.1, 0.15) is 5.82 Å². The maximum Gasteiger partial charge on any atom is 0.242 e. The zero-order chi connectivity index (χ0) is 10.5. The van der Waals surface area contributed by atoms with Crippen LogP contribution in [0.15, 0.2) is 12.4 Å². The van der Waals surface area contributed by atoms with E-state index >= 15 is 0 Å². The number of nitrogens with one attached hydrogen (secondary N) is 2. The van der Waals surface area contributed by atoms with Crippen molar-refractivity contribution in [2.24, 2.45) is 7.05 Å². The van der Waals surface area contributed by atoms with Gasteiger partial charge in [0.15, 0.2) is 0 Å². The number of tetrazole rings is 1. The number of aromatic nitrogens is 6. The molecule has 7 nitrogen and oxygen atoms in total. The lowest BCUT2D eigenvalue weighted by Crippen LogP contribution is -2.08. The second-order valence-corrected chi connectivity index (χ2v) is 3.19. The lowest BCUT2D eigenvalue weighted by atomic mass is 10.3. The lowest BCUT2D eigenvalue weighted by Gasteiger charge is -2.02. The van der Waals surface area contributed by atoms with Crippen LogP contribution in [0.25, 0.3) is 0 Å². The zero-order valence-corrected chi connectivity index (χ0v) is 8.51. The average molecular weight is 207 g/mol. The summed E-state index contributed by atoms with van der Waals surface area (Å²) in [5.41, 5.74) is 0. The van der Waals surface area contributed by atoms with Crippen molar-refractivity contribution in [3.05, 3.63) is 18.2 Å². The summed E-state index contributed by atoms with van der Waals surface area (Å²) < 4.78 is 1.60. The van der Waals surface area contributed by atoms with Crippen molar-refractivity contribution >= 4 is 5.95 Å². The monoisotopic (exact) mass is 207 g/mol. The van der Waals surface area contributed by atoms with Gasteiger partial charge in [0, 0.05) is 32.4 Å². The Morgan fingerprint density at radius 2 is 2.47 bits per heavy atom. The van der Waals surface area contributed by atoms with Gasteiger partial charge in [-0.05, 0) is 16.8 Å². The Morgan fingerprint density at radius 1 is 1.53 bits per heavy atom. The van der Waals surface area contributed by atoms with Crippen LogP contribution in [0.2, 0.25) is 0 Å². The number of H-pyrrole nitrogens is 1. The molecule has 0 unspecified atom stereocenters. The highest BCUT2D eigenvalue weighted by Gasteiger charge is 2.00. The predicted molar refractivity (Wildman–Crippen MR) is 54.2 cm³/mol. The van der Waals surface area contributed by atoms with E-state index in [2.05, 4.69) is 30.8 Å². The fourth-order valence-electron chi connectivity index (χ4n) is 1.27. The molecular formula is C8H13N7. The van der Waals surface area contributed by atoms with Gasteiger partial charge in [-0.15, -0.1) is 0 Å². The minimum atomic E-state index is 0.689. The summed E-state index contributed by atoms with van der Waals surface area (Å²) in [6, 6.07) is 0. The summed E-state index contributed by atoms with van der Waals surface area (Å²) in [7, 11) is 1.80. The molecule has 0 radical (unpaired) electrons. The van der Waals surface area contributed by atoms with Gasteiger partial charge in [-0.3, -0.25) is 0 Å². The molecule has 7 heteroatoms. The normalized spacial score (nSPS) is 10.5. The molecule has 0 amide bonds. The van der Waals surface area contributed by atoms with Crippen molar-refractivity contribution in [1.82, 2.24) is 30.2 Å². The van der Waals surface area contributed by atoms with Crippen LogP contribution in [0.5, 0.6) is 0 Å². The number of nitrogens with zero attached hydrogens (tertiary/aromatic N) is 5. The van der Waals surface area contributed by atoms with Crippen molar-refractivity contribution in [2.75, 3.05) is 11.9 Å². The first-order valence-electron chi connectivity index (χ1n) is 4.81. The molecular weight excluding hydrogens is 194 g/mol. The fraction of sp³-hybridized carbons (Fsp3) is 0.500. The van der Waals surface area contributed by atoms with Gasteiger partial charge in [-0.2, -0.15) is 0 Å². The summed E-state index contributed by atoms with van der Waals surface area (Å²) >= 11 is 0. The minimum absolute atomic E-state index is 0.689. The SMILES string of the molecule is Cn1nnnc1NCCCc1ncc[nH]1. The summed E-state index contributed by atoms with van der Waals surface area (Å²) in [5.74, 6) is 1.70. The third-order valence-corrected chi connectivity index (χ3v) is 2.05. The van der Waals surface area contributed by atoms with E-state index in [1.165, 1.54) is 0 Å². The highest BCUT2D eigenvalue weighted by atomic mass is 15.6. The van der Waals surface area contributed by atoms with Crippen LogP contribution >= 0.6 is 0 Å². The van der Waals surface area contributed by atoms with Crippen LogP contribution in [0, 0.1) is 0 Å². The van der Waals surface area contributed by atoms with E-state index in [-0.39, 0.29) is 0 Å². The van der Waals surface area contributed by atoms with E-state index in [1.54, 1.807) is 17.9 Å². The Balaban J connectivity index is 1.70. The summed E-state index contributed by atoms with van der Waals surface area (Å²) in [6.45, 7) is 0.828. The van der Waals surface area contributed by atoms with Crippen LogP contribution < -0.4 is 5.32 Å². The maximum atomic E-state index is 4.14. The van der Waals surface area contributed by atoms with Crippen LogP contribution in [-0.4, -0.2) is 36.7 Å². The first-order valence-corrected chi connectivity index (χ1v) is 4.81. The smallest absolute Gasteiger partial charge is 0.242 e. The number of hydrogen-bond donors (Lipinski definition) is 2. The average Bonchev–Trinajstić information content (AvgIpc) is 2.85. The van der Waals surface area contributed by atoms with Crippen molar-refractivity contribution in [3.63, 3.8) is 0 Å². The number of rotatable bonds is 5. The summed E-state index contributed by atoms with van der Waals surface area (Å²) in [4.78, 5) is 7.20. The van der Waals surface area contributed by atoms with E-state index in [0.29, 0.717) is 5.95 Å². The molecule has 0 aliphatic rings. The second-order valence-electron chi connectivity index (χ2n) is 3.19. The molecule has 0 aliphatic carbocycles. The molecule has 2 aromatic rings. The largest absolute Gasteiger partial charge is 0.353 e. The molecule has 0 saturated heterocycles. The van der Waals surface area contributed by atoms with E-state index in [1.807, 2.05) is 6.20 Å². The molecule has 0 aliphatic heterocycles. The summed E-state index contributed by atoms with van der Waals surface area (Å²) in [6.07, 6.45) is 5.50. The Labute approximate surface area is 86.9 Å². The molecule has 2 N–H and O–H groups in total. The first kappa shape index (κ1) is 9.63. The highest BCUT2D eigenvalue weighted by Crippen LogP contribution is 1.98. The molecule has 2 heterocycles. The molecule has 15 heavy (non-hydrogen) atoms. The number of anilines is 1. The standard InChI is InChI=1S/C8H13N7/c1-15-8(12-13-14-15)11-4-2-3-7-9-5-6-10-7/h5-6H,2-4H2,1H3,(H,9,10)(H,11,12,14). The topological polar surface area (TPSA) is 84.3 Å². The first-order chi connectivity index (χ1) is 7.36. The van der Waals surface area contributed by atoms with E-state index in [4.69, 9.17) is 0 Å². The van der Waals surface area contributed by atoms with Crippen LogP contribution in [0.4, 0.5) is 5.95 Å². The van der Waals surface area contributed by atoms with Gasteiger partial charge < -0.3 is 10.3 Å². The maximum absolute atomic E-state index is 4.14. The Hall–Kier alpha value is -1.92. The van der Waals surface area contributed by atoms with Crippen LogP contribution in [0.3, 0.4) is 0 Å². The quantitative estimate of drug-likeness (QED) is 0.673. The Kier molecular flexibility index (Phi) is 2.91. The highest BCUT2D eigenvalue weighted by molar-refractivity contribution is 5.20. The number of aryl methyl sites for hydroxylation is 2. The minimum Gasteiger partial charge on any atom is -0.353 e. The lowest BCUT2D eigenvalue weighted by molar-refractivity contribution is 0.709. The number of hydrogen-bond acceptors (Lipinski definition) is 5. The van der Waals surface area contributed by atoms with Gasteiger partial charge in [0.2, 0.25) is 5.95 Å². The van der Waals surface area contributed by atoms with Crippen LogP contribution in [-0.2, 0) is 13.5 Å². The zero-order valence-electron chi connectivity index (χ0n) is 8.51. The van der Waals surface area contributed by atoms with Gasteiger partial charge in [0.05, 0.1) is 0 Å². The van der Waals surface area contributed by atoms with Gasteiger partial charge in [-0.1, -0.05) is 5.10 Å². The third kappa shape index (κ3) is 2.52. The molecule has 0 spiro atoms. The van der Waals surface area contributed by atoms with Crippen LogP contribution in [0.1, 0.15) is 12.2 Å². The molecule has 0 atom stereocenters. The molecule has 2 rings (SSSR count). The van der Waals surface area contributed by atoms with Gasteiger partial charge >= 0.3 is 0 Å². The molecule has 0 fully saturated rings. The second kappa shape index (κ2) is 4.54. The molecule has 2 aromatic heterocycles. The number of imidazole rings is 1. The van der Waals surface area contributed by atoms with E-state index < -0.39 is 0 Å². The fourth-order valence-corrected chi connectivity index (χ4v) is 1.27. The molecule has 80 valence electrons. The van der Waals surface area contributed by atoms with E-state index in [0.717, 1.165) is 25.2 Å². The molecule has 0 aromatic carbocycles. The van der Waals surface area contributed by atoms with Gasteiger partial charge in [0.25, 0.3) is 0 Å². The number of aromatic amines is 1. The molecule has 0 saturated carbocycles. The molecule has 0 bridgehead atoms. The van der Waals surface area contributed by atoms with Crippen molar-refractivity contribution in [1.29, 1.82) is 0 Å². The Morgan fingerprint density at radius 3 is 3.13 bits per heavy atom.